The predicted molar refractivity (Wildman–Crippen MR) is 150 cm³/mol. The number of fused-ring (bicyclic) bond motifs is 1. The van der Waals surface area contributed by atoms with Gasteiger partial charge in [-0.15, -0.1) is 0 Å². The third kappa shape index (κ3) is 4.90. The van der Waals surface area contributed by atoms with Crippen LogP contribution in [0.4, 0.5) is 5.69 Å². The zero-order chi connectivity index (χ0) is 26.1. The molecule has 1 unspecified atom stereocenters. The van der Waals surface area contributed by atoms with Crippen molar-refractivity contribution >= 4 is 29.1 Å². The molecule has 1 N–H and O–H groups in total. The van der Waals surface area contributed by atoms with Crippen LogP contribution in [0.15, 0.2) is 67.0 Å². The first-order valence-corrected chi connectivity index (χ1v) is 14.0. The molecule has 2 fully saturated rings. The van der Waals surface area contributed by atoms with Crippen LogP contribution < -0.4 is 10.2 Å². The van der Waals surface area contributed by atoms with E-state index in [0.29, 0.717) is 17.1 Å². The quantitative estimate of drug-likeness (QED) is 0.486. The van der Waals surface area contributed by atoms with E-state index >= 15 is 0 Å². The van der Waals surface area contributed by atoms with Gasteiger partial charge >= 0.3 is 0 Å². The van der Waals surface area contributed by atoms with Crippen LogP contribution in [0.1, 0.15) is 63.4 Å². The molecule has 2 aromatic carbocycles. The molecule has 0 radical (unpaired) electrons. The highest BCUT2D eigenvalue weighted by Gasteiger charge is 2.42. The molecule has 1 atom stereocenters. The third-order valence-corrected chi connectivity index (χ3v) is 9.13. The molecule has 1 aromatic heterocycles. The summed E-state index contributed by atoms with van der Waals surface area (Å²) in [6.07, 6.45) is 8.93. The monoisotopic (exact) mass is 528 g/mol. The lowest BCUT2D eigenvalue weighted by atomic mass is 9.77. The van der Waals surface area contributed by atoms with Crippen molar-refractivity contribution in [3.63, 3.8) is 0 Å². The first kappa shape index (κ1) is 24.9. The van der Waals surface area contributed by atoms with E-state index in [4.69, 9.17) is 11.6 Å². The van der Waals surface area contributed by atoms with Gasteiger partial charge in [-0.25, -0.2) is 0 Å². The molecule has 3 aliphatic rings. The third-order valence-electron chi connectivity index (χ3n) is 8.80. The van der Waals surface area contributed by atoms with Crippen LogP contribution in [0.5, 0.6) is 0 Å². The predicted octanol–water partition coefficient (Wildman–Crippen LogP) is 5.33. The number of aromatic nitrogens is 1. The average Bonchev–Trinajstić information content (AvgIpc) is 3.56. The number of hydrogen-bond donors (Lipinski definition) is 1. The first-order chi connectivity index (χ1) is 18.5. The Hall–Kier alpha value is -3.38. The number of aryl methyl sites for hydroxylation is 1. The molecule has 7 heteroatoms. The number of nitrogens with zero attached hydrogens (tertiary/aromatic N) is 3. The fourth-order valence-corrected chi connectivity index (χ4v) is 6.70. The Morgan fingerprint density at radius 3 is 2.55 bits per heavy atom. The highest BCUT2D eigenvalue weighted by Crippen LogP contribution is 2.42. The van der Waals surface area contributed by atoms with Crippen LogP contribution in [0.3, 0.4) is 0 Å². The number of nitrogens with one attached hydrogen (secondary N) is 1. The molecule has 6 nitrogen and oxygen atoms in total. The number of hydrogen-bond acceptors (Lipinski definition) is 4. The fraction of sp³-hybridized carbons (Fsp3) is 0.387. The van der Waals surface area contributed by atoms with E-state index in [0.717, 1.165) is 63.8 Å². The van der Waals surface area contributed by atoms with Crippen LogP contribution in [0.25, 0.3) is 0 Å². The van der Waals surface area contributed by atoms with Gasteiger partial charge in [-0.2, -0.15) is 0 Å². The number of likely N-dealkylation sites (tertiary alicyclic amines) is 1. The summed E-state index contributed by atoms with van der Waals surface area (Å²) in [5.74, 6) is 0.173. The van der Waals surface area contributed by atoms with Crippen LogP contribution in [0.2, 0.25) is 5.02 Å². The Balaban J connectivity index is 1.08. The molecule has 3 heterocycles. The average molecular weight is 529 g/mol. The molecule has 38 heavy (non-hydrogen) atoms. The van der Waals surface area contributed by atoms with Crippen molar-refractivity contribution in [3.05, 3.63) is 94.3 Å². The van der Waals surface area contributed by atoms with Crippen molar-refractivity contribution in [3.8, 4) is 0 Å². The molecule has 0 saturated carbocycles. The Morgan fingerprint density at radius 1 is 1.00 bits per heavy atom. The minimum absolute atomic E-state index is 0.131. The minimum Gasteiger partial charge on any atom is -0.371 e. The number of halogens is 1. The summed E-state index contributed by atoms with van der Waals surface area (Å²) in [5.41, 5.74) is 5.18. The molecular weight excluding hydrogens is 496 g/mol. The Bertz CT molecular complexity index is 1340. The Morgan fingerprint density at radius 2 is 1.76 bits per heavy atom. The number of benzene rings is 2. The second-order valence-electron chi connectivity index (χ2n) is 11.0. The lowest BCUT2D eigenvalue weighted by Crippen LogP contribution is -2.42. The van der Waals surface area contributed by atoms with Crippen molar-refractivity contribution in [1.82, 2.24) is 15.2 Å². The second-order valence-corrected chi connectivity index (χ2v) is 11.4. The minimum atomic E-state index is -0.159. The highest BCUT2D eigenvalue weighted by atomic mass is 35.5. The van der Waals surface area contributed by atoms with Gasteiger partial charge in [0.1, 0.15) is 0 Å². The van der Waals surface area contributed by atoms with E-state index in [1.807, 2.05) is 30.6 Å². The topological polar surface area (TPSA) is 65.5 Å². The van der Waals surface area contributed by atoms with Gasteiger partial charge in [0.15, 0.2) is 0 Å². The number of anilines is 1. The van der Waals surface area contributed by atoms with Gasteiger partial charge in [0.2, 0.25) is 0 Å². The van der Waals surface area contributed by atoms with Gasteiger partial charge in [-0.05, 0) is 85.0 Å². The molecule has 3 aromatic rings. The second kappa shape index (κ2) is 10.4. The zero-order valence-corrected chi connectivity index (χ0v) is 22.3. The summed E-state index contributed by atoms with van der Waals surface area (Å²) in [6.45, 7) is 4.24. The summed E-state index contributed by atoms with van der Waals surface area (Å²) < 4.78 is 0. The molecule has 0 bridgehead atoms. The summed E-state index contributed by atoms with van der Waals surface area (Å²) >= 11 is 6.19. The maximum atomic E-state index is 13.6. The molecular formula is C31H33ClN4O2. The smallest absolute Gasteiger partial charge is 0.253 e. The maximum Gasteiger partial charge on any atom is 0.253 e. The van der Waals surface area contributed by atoms with Crippen molar-refractivity contribution in [2.75, 3.05) is 37.6 Å². The largest absolute Gasteiger partial charge is 0.371 e. The zero-order valence-electron chi connectivity index (χ0n) is 21.5. The SMILES string of the molecule is O=C(NCC1CCc2ccc(C(=O)N3CCC4(CCN(c5ccncc5)CC4)C3)cc21)c1ccccc1Cl. The molecule has 1 spiro atoms. The van der Waals surface area contributed by atoms with Crippen LogP contribution >= 0.6 is 11.6 Å². The van der Waals surface area contributed by atoms with Crippen molar-refractivity contribution in [2.45, 2.75) is 38.0 Å². The van der Waals surface area contributed by atoms with Crippen molar-refractivity contribution in [2.24, 2.45) is 5.41 Å². The normalized spacial score (nSPS) is 20.0. The van der Waals surface area contributed by atoms with Crippen LogP contribution in [-0.4, -0.2) is 54.4 Å². The molecule has 6 rings (SSSR count). The summed E-state index contributed by atoms with van der Waals surface area (Å²) in [4.78, 5) is 34.9. The van der Waals surface area contributed by atoms with Crippen LogP contribution in [0, 0.1) is 5.41 Å². The Kier molecular flexibility index (Phi) is 6.83. The number of rotatable bonds is 5. The van der Waals surface area contributed by atoms with E-state index in [9.17, 15) is 9.59 Å². The van der Waals surface area contributed by atoms with Crippen molar-refractivity contribution < 1.29 is 9.59 Å². The molecule has 2 saturated heterocycles. The van der Waals surface area contributed by atoms with Gasteiger partial charge in [0.05, 0.1) is 10.6 Å². The van der Waals surface area contributed by atoms with Crippen LogP contribution in [-0.2, 0) is 6.42 Å². The van der Waals surface area contributed by atoms with Crippen molar-refractivity contribution in [1.29, 1.82) is 0 Å². The fourth-order valence-electron chi connectivity index (χ4n) is 6.48. The number of amides is 2. The van der Waals surface area contributed by atoms with Gasteiger partial charge in [-0.1, -0.05) is 29.8 Å². The van der Waals surface area contributed by atoms with Gasteiger partial charge in [0, 0.05) is 62.3 Å². The van der Waals surface area contributed by atoms with Gasteiger partial charge in [0.25, 0.3) is 11.8 Å². The standard InChI is InChI=1S/C31H33ClN4O2/c32-28-4-2-1-3-26(28)29(37)34-20-24-8-6-22-5-7-23(19-27(22)24)30(38)36-18-13-31(21-36)11-16-35(17-12-31)25-9-14-33-15-10-25/h1-5,7,9-10,14-15,19,24H,6,8,11-13,16-18,20-21H2,(H,34,37). The number of pyridine rings is 1. The molecule has 2 amide bonds. The van der Waals surface area contributed by atoms with E-state index in [-0.39, 0.29) is 23.1 Å². The van der Waals surface area contributed by atoms with E-state index in [1.54, 1.807) is 12.1 Å². The molecule has 196 valence electrons. The summed E-state index contributed by atoms with van der Waals surface area (Å²) in [5, 5.41) is 3.51. The highest BCUT2D eigenvalue weighted by molar-refractivity contribution is 6.33. The maximum absolute atomic E-state index is 13.6. The first-order valence-electron chi connectivity index (χ1n) is 13.6. The van der Waals surface area contributed by atoms with E-state index in [1.165, 1.54) is 16.8 Å². The van der Waals surface area contributed by atoms with Gasteiger partial charge in [-0.3, -0.25) is 14.6 Å². The lowest BCUT2D eigenvalue weighted by Gasteiger charge is -2.40. The Labute approximate surface area is 229 Å². The van der Waals surface area contributed by atoms with Gasteiger partial charge < -0.3 is 15.1 Å². The summed E-state index contributed by atoms with van der Waals surface area (Å²) in [7, 11) is 0. The molecule has 2 aliphatic heterocycles. The number of carbonyl (C=O) groups is 2. The van der Waals surface area contributed by atoms with E-state index < -0.39 is 0 Å². The number of piperidine rings is 1. The lowest BCUT2D eigenvalue weighted by molar-refractivity contribution is 0.0764. The van der Waals surface area contributed by atoms with E-state index in [2.05, 4.69) is 44.4 Å². The number of carbonyl (C=O) groups excluding carboxylic acids is 2. The molecule has 1 aliphatic carbocycles. The summed E-state index contributed by atoms with van der Waals surface area (Å²) in [6, 6.07) is 17.4.